The number of aromatic nitrogens is 1. The summed E-state index contributed by atoms with van der Waals surface area (Å²) in [7, 11) is 0. The van der Waals surface area contributed by atoms with Gasteiger partial charge in [-0.2, -0.15) is 0 Å². The van der Waals surface area contributed by atoms with Gasteiger partial charge in [-0.15, -0.1) is 0 Å². The van der Waals surface area contributed by atoms with E-state index in [4.69, 9.17) is 0 Å². The van der Waals surface area contributed by atoms with E-state index in [-0.39, 0.29) is 17.2 Å². The van der Waals surface area contributed by atoms with Crippen molar-refractivity contribution in [3.8, 4) is 0 Å². The molecule has 132 valence electrons. The minimum atomic E-state index is -0.288. The number of hydrogen-bond donors (Lipinski definition) is 0. The highest BCUT2D eigenvalue weighted by molar-refractivity contribution is 9.10. The van der Waals surface area contributed by atoms with Crippen molar-refractivity contribution in [2.75, 3.05) is 0 Å². The molecule has 0 bridgehead atoms. The molecule has 0 spiro atoms. The van der Waals surface area contributed by atoms with Gasteiger partial charge < -0.3 is 4.57 Å². The van der Waals surface area contributed by atoms with E-state index in [0.29, 0.717) is 17.4 Å². The first kappa shape index (κ1) is 18.3. The first-order valence-electron chi connectivity index (χ1n) is 8.10. The molecule has 0 aliphatic carbocycles. The fourth-order valence-corrected chi connectivity index (χ4v) is 3.06. The van der Waals surface area contributed by atoms with Crippen LogP contribution in [-0.4, -0.2) is 4.57 Å². The smallest absolute Gasteiger partial charge is 0.265 e. The maximum atomic E-state index is 13.2. The molecule has 0 saturated heterocycles. The van der Waals surface area contributed by atoms with Gasteiger partial charge in [0.1, 0.15) is 11.6 Å². The van der Waals surface area contributed by atoms with Gasteiger partial charge >= 0.3 is 0 Å². The highest BCUT2D eigenvalue weighted by Gasteiger charge is 2.06. The number of halogens is 3. The van der Waals surface area contributed by atoms with E-state index >= 15 is 0 Å². The zero-order valence-electron chi connectivity index (χ0n) is 13.8. The number of rotatable bonds is 5. The summed E-state index contributed by atoms with van der Waals surface area (Å²) < 4.78 is 28.2. The van der Waals surface area contributed by atoms with Crippen LogP contribution in [-0.2, 0) is 13.0 Å². The SMILES string of the molecule is O=c1c(Br)c(/C=C/c2ccc(F)cc2)ccn1CCc1cccc(F)c1. The van der Waals surface area contributed by atoms with Crippen molar-refractivity contribution in [3.63, 3.8) is 0 Å². The standard InChI is InChI=1S/C21H16BrF2NO/c22-20-17(7-4-15-5-8-18(23)9-6-15)11-13-25(21(20)26)12-10-16-2-1-3-19(24)14-16/h1-9,11,13-14H,10,12H2/b7-4+. The van der Waals surface area contributed by atoms with Gasteiger partial charge in [0, 0.05) is 12.7 Å². The van der Waals surface area contributed by atoms with Crippen LogP contribution in [0, 0.1) is 11.6 Å². The van der Waals surface area contributed by atoms with Crippen molar-refractivity contribution in [1.82, 2.24) is 4.57 Å². The van der Waals surface area contributed by atoms with Crippen LogP contribution in [0.4, 0.5) is 8.78 Å². The lowest BCUT2D eigenvalue weighted by Crippen LogP contribution is -2.21. The van der Waals surface area contributed by atoms with E-state index in [1.807, 2.05) is 18.2 Å². The maximum Gasteiger partial charge on any atom is 0.265 e. The second-order valence-electron chi connectivity index (χ2n) is 5.85. The van der Waals surface area contributed by atoms with Crippen LogP contribution in [0.5, 0.6) is 0 Å². The van der Waals surface area contributed by atoms with E-state index in [2.05, 4.69) is 15.9 Å². The molecule has 0 amide bonds. The van der Waals surface area contributed by atoms with E-state index in [1.54, 1.807) is 35.0 Å². The minimum absolute atomic E-state index is 0.150. The molecule has 0 radical (unpaired) electrons. The van der Waals surface area contributed by atoms with Crippen molar-refractivity contribution in [3.05, 3.63) is 104 Å². The summed E-state index contributed by atoms with van der Waals surface area (Å²) in [4.78, 5) is 12.5. The Morgan fingerprint density at radius 3 is 2.46 bits per heavy atom. The first-order chi connectivity index (χ1) is 12.5. The van der Waals surface area contributed by atoms with Crippen molar-refractivity contribution in [2.45, 2.75) is 13.0 Å². The molecule has 0 unspecified atom stereocenters. The number of hydrogen-bond acceptors (Lipinski definition) is 1. The normalized spacial score (nSPS) is 11.2. The number of benzene rings is 2. The Bertz CT molecular complexity index is 994. The van der Waals surface area contributed by atoms with Gasteiger partial charge in [-0.05, 0) is 69.4 Å². The molecule has 0 atom stereocenters. The molecule has 0 aliphatic heterocycles. The average molecular weight is 416 g/mol. The van der Waals surface area contributed by atoms with Crippen molar-refractivity contribution < 1.29 is 8.78 Å². The predicted octanol–water partition coefficient (Wildman–Crippen LogP) is 5.30. The summed E-state index contributed by atoms with van der Waals surface area (Å²) in [5.41, 5.74) is 2.27. The molecule has 1 heterocycles. The third kappa shape index (κ3) is 4.55. The Balaban J connectivity index is 1.75. The van der Waals surface area contributed by atoms with Crippen LogP contribution in [0.15, 0.2) is 70.1 Å². The van der Waals surface area contributed by atoms with Gasteiger partial charge in [0.05, 0.1) is 4.47 Å². The summed E-state index contributed by atoms with van der Waals surface area (Å²) in [6, 6.07) is 14.3. The van der Waals surface area contributed by atoms with Crippen LogP contribution in [0.1, 0.15) is 16.7 Å². The van der Waals surface area contributed by atoms with E-state index in [1.165, 1.54) is 24.3 Å². The summed E-state index contributed by atoms with van der Waals surface area (Å²) in [6.45, 7) is 0.461. The summed E-state index contributed by atoms with van der Waals surface area (Å²) >= 11 is 3.35. The summed E-state index contributed by atoms with van der Waals surface area (Å²) in [5, 5.41) is 0. The molecule has 3 rings (SSSR count). The zero-order chi connectivity index (χ0) is 18.5. The Labute approximate surface area is 158 Å². The molecule has 3 aromatic rings. The van der Waals surface area contributed by atoms with Gasteiger partial charge in [-0.3, -0.25) is 4.79 Å². The number of pyridine rings is 1. The zero-order valence-corrected chi connectivity index (χ0v) is 15.4. The predicted molar refractivity (Wildman–Crippen MR) is 104 cm³/mol. The van der Waals surface area contributed by atoms with Gasteiger partial charge in [-0.25, -0.2) is 8.78 Å². The van der Waals surface area contributed by atoms with E-state index < -0.39 is 0 Å². The third-order valence-electron chi connectivity index (χ3n) is 3.99. The van der Waals surface area contributed by atoms with E-state index in [9.17, 15) is 13.6 Å². The fraction of sp³-hybridized carbons (Fsp3) is 0.0952. The monoisotopic (exact) mass is 415 g/mol. The van der Waals surface area contributed by atoms with Gasteiger partial charge in [0.2, 0.25) is 0 Å². The second kappa shape index (κ2) is 8.23. The molecule has 0 fully saturated rings. The molecule has 0 N–H and O–H groups in total. The van der Waals surface area contributed by atoms with Crippen LogP contribution >= 0.6 is 15.9 Å². The van der Waals surface area contributed by atoms with Gasteiger partial charge in [0.25, 0.3) is 5.56 Å². The van der Waals surface area contributed by atoms with Crippen LogP contribution < -0.4 is 5.56 Å². The average Bonchev–Trinajstić information content (AvgIpc) is 2.63. The molecule has 0 saturated carbocycles. The Hall–Kier alpha value is -2.53. The van der Waals surface area contributed by atoms with Crippen molar-refractivity contribution in [2.24, 2.45) is 0 Å². The third-order valence-corrected chi connectivity index (χ3v) is 4.79. The molecule has 26 heavy (non-hydrogen) atoms. The Morgan fingerprint density at radius 1 is 0.962 bits per heavy atom. The quantitative estimate of drug-likeness (QED) is 0.553. The number of nitrogens with zero attached hydrogens (tertiary/aromatic N) is 1. The van der Waals surface area contributed by atoms with Gasteiger partial charge in [0.15, 0.2) is 0 Å². The maximum absolute atomic E-state index is 13.2. The minimum Gasteiger partial charge on any atom is -0.314 e. The van der Waals surface area contributed by atoms with Crippen molar-refractivity contribution >= 4 is 28.1 Å². The van der Waals surface area contributed by atoms with Crippen LogP contribution in [0.3, 0.4) is 0 Å². The van der Waals surface area contributed by atoms with Gasteiger partial charge in [-0.1, -0.05) is 36.4 Å². The Morgan fingerprint density at radius 2 is 1.73 bits per heavy atom. The summed E-state index contributed by atoms with van der Waals surface area (Å²) in [6.07, 6.45) is 5.90. The fourth-order valence-electron chi connectivity index (χ4n) is 2.57. The lowest BCUT2D eigenvalue weighted by molar-refractivity contribution is 0.619. The van der Waals surface area contributed by atoms with Crippen LogP contribution in [0.25, 0.3) is 12.2 Å². The lowest BCUT2D eigenvalue weighted by Gasteiger charge is -2.08. The topological polar surface area (TPSA) is 22.0 Å². The molecule has 1 aromatic heterocycles. The molecule has 2 nitrogen and oxygen atoms in total. The van der Waals surface area contributed by atoms with E-state index in [0.717, 1.165) is 16.7 Å². The molecular formula is C21H16BrF2NO. The Kier molecular flexibility index (Phi) is 5.78. The summed E-state index contributed by atoms with van der Waals surface area (Å²) in [5.74, 6) is -0.568. The highest BCUT2D eigenvalue weighted by Crippen LogP contribution is 2.16. The largest absolute Gasteiger partial charge is 0.314 e. The molecular weight excluding hydrogens is 400 g/mol. The second-order valence-corrected chi connectivity index (χ2v) is 6.64. The van der Waals surface area contributed by atoms with Crippen LogP contribution in [0.2, 0.25) is 0 Å². The highest BCUT2D eigenvalue weighted by atomic mass is 79.9. The number of aryl methyl sites for hydroxylation is 2. The van der Waals surface area contributed by atoms with Crippen molar-refractivity contribution in [1.29, 1.82) is 0 Å². The first-order valence-corrected chi connectivity index (χ1v) is 8.89. The lowest BCUT2D eigenvalue weighted by atomic mass is 10.1. The molecule has 0 aliphatic rings. The molecule has 5 heteroatoms. The molecule has 2 aromatic carbocycles.